The van der Waals surface area contributed by atoms with E-state index in [1.165, 1.54) is 6.20 Å². The predicted molar refractivity (Wildman–Crippen MR) is 73.9 cm³/mol. The Kier molecular flexibility index (Phi) is 3.97. The second-order valence-electron chi connectivity index (χ2n) is 3.86. The van der Waals surface area contributed by atoms with Crippen LogP contribution >= 0.6 is 0 Å². The molecule has 0 atom stereocenters. The molecule has 1 heterocycles. The van der Waals surface area contributed by atoms with E-state index in [-0.39, 0.29) is 5.91 Å². The van der Waals surface area contributed by atoms with E-state index in [1.54, 1.807) is 26.3 Å². The van der Waals surface area contributed by atoms with Crippen LogP contribution in [0.2, 0.25) is 0 Å². The van der Waals surface area contributed by atoms with Gasteiger partial charge in [-0.05, 0) is 36.4 Å². The van der Waals surface area contributed by atoms with Gasteiger partial charge in [0.15, 0.2) is 0 Å². The topological polar surface area (TPSA) is 63.2 Å². The summed E-state index contributed by atoms with van der Waals surface area (Å²) in [6.07, 6.45) is 1.53. The van der Waals surface area contributed by atoms with Gasteiger partial charge in [-0.15, -0.1) is 0 Å². The summed E-state index contributed by atoms with van der Waals surface area (Å²) in [5.41, 5.74) is 1.43. The van der Waals surface area contributed by atoms with Crippen molar-refractivity contribution in [3.8, 4) is 5.75 Å². The van der Waals surface area contributed by atoms with E-state index >= 15 is 0 Å². The number of aromatic nitrogens is 1. The van der Waals surface area contributed by atoms with Gasteiger partial charge in [0.05, 0.1) is 12.7 Å². The fraction of sp³-hybridized carbons (Fsp3) is 0.143. The van der Waals surface area contributed by atoms with Crippen LogP contribution in [0.15, 0.2) is 42.6 Å². The van der Waals surface area contributed by atoms with E-state index in [0.29, 0.717) is 11.4 Å². The molecule has 1 amide bonds. The lowest BCUT2D eigenvalue weighted by Crippen LogP contribution is -2.17. The molecular weight excluding hydrogens is 242 g/mol. The van der Waals surface area contributed by atoms with E-state index < -0.39 is 0 Å². The molecular formula is C14H15N3O2. The van der Waals surface area contributed by atoms with Crippen LogP contribution in [0.25, 0.3) is 0 Å². The molecule has 0 unspecified atom stereocenters. The summed E-state index contributed by atoms with van der Waals surface area (Å²) in [6, 6.07) is 11.0. The zero-order chi connectivity index (χ0) is 13.7. The molecule has 0 bridgehead atoms. The molecule has 1 aromatic heterocycles. The number of rotatable bonds is 4. The van der Waals surface area contributed by atoms with E-state index in [9.17, 15) is 4.79 Å². The summed E-state index contributed by atoms with van der Waals surface area (Å²) in [5.74, 6) is 1.33. The van der Waals surface area contributed by atoms with Gasteiger partial charge in [0, 0.05) is 18.9 Å². The Hall–Kier alpha value is -2.56. The van der Waals surface area contributed by atoms with E-state index in [2.05, 4.69) is 15.6 Å². The highest BCUT2D eigenvalue weighted by molar-refractivity contribution is 5.93. The van der Waals surface area contributed by atoms with Crippen LogP contribution in [0, 0.1) is 0 Å². The van der Waals surface area contributed by atoms with Crippen molar-refractivity contribution in [2.45, 2.75) is 0 Å². The number of carbonyl (C=O) groups is 1. The van der Waals surface area contributed by atoms with Gasteiger partial charge in [-0.2, -0.15) is 0 Å². The van der Waals surface area contributed by atoms with Crippen molar-refractivity contribution in [1.29, 1.82) is 0 Å². The highest BCUT2D eigenvalue weighted by Crippen LogP contribution is 2.18. The summed E-state index contributed by atoms with van der Waals surface area (Å²) < 4.78 is 5.09. The summed E-state index contributed by atoms with van der Waals surface area (Å²) in [5, 5.41) is 5.69. The minimum absolute atomic E-state index is 0.150. The maximum Gasteiger partial charge on any atom is 0.252 e. The summed E-state index contributed by atoms with van der Waals surface area (Å²) in [6.45, 7) is 0. The number of hydrogen-bond donors (Lipinski definition) is 2. The molecule has 19 heavy (non-hydrogen) atoms. The first-order valence-electron chi connectivity index (χ1n) is 5.82. The zero-order valence-corrected chi connectivity index (χ0v) is 10.8. The Morgan fingerprint density at radius 2 is 1.89 bits per heavy atom. The fourth-order valence-electron chi connectivity index (χ4n) is 1.57. The Morgan fingerprint density at radius 3 is 2.42 bits per heavy atom. The molecule has 0 radical (unpaired) electrons. The third kappa shape index (κ3) is 3.22. The standard InChI is InChI=1S/C14H15N3O2/c1-15-14(18)10-3-8-13(16-9-10)17-11-4-6-12(19-2)7-5-11/h3-9H,1-2H3,(H,15,18)(H,16,17). The molecule has 5 nitrogen and oxygen atoms in total. The van der Waals surface area contributed by atoms with Gasteiger partial charge in [0.25, 0.3) is 5.91 Å². The predicted octanol–water partition coefficient (Wildman–Crippen LogP) is 2.19. The third-order valence-corrected chi connectivity index (χ3v) is 2.62. The molecule has 1 aromatic carbocycles. The average molecular weight is 257 g/mol. The summed E-state index contributed by atoms with van der Waals surface area (Å²) >= 11 is 0. The number of ether oxygens (including phenoxy) is 1. The van der Waals surface area contributed by atoms with Crippen LogP contribution in [0.5, 0.6) is 5.75 Å². The van der Waals surface area contributed by atoms with Crippen LogP contribution < -0.4 is 15.4 Å². The van der Waals surface area contributed by atoms with Crippen LogP contribution in [0.1, 0.15) is 10.4 Å². The normalized spacial score (nSPS) is 9.79. The molecule has 0 saturated carbocycles. The number of methoxy groups -OCH3 is 1. The van der Waals surface area contributed by atoms with Crippen LogP contribution in [0.4, 0.5) is 11.5 Å². The summed E-state index contributed by atoms with van der Waals surface area (Å²) in [7, 11) is 3.22. The first kappa shape index (κ1) is 12.9. The van der Waals surface area contributed by atoms with Crippen LogP contribution in [0.3, 0.4) is 0 Å². The molecule has 0 aliphatic rings. The Bertz CT molecular complexity index is 550. The number of hydrogen-bond acceptors (Lipinski definition) is 4. The van der Waals surface area contributed by atoms with Crippen molar-refractivity contribution in [2.24, 2.45) is 0 Å². The molecule has 98 valence electrons. The van der Waals surface area contributed by atoms with E-state index in [4.69, 9.17) is 4.74 Å². The van der Waals surface area contributed by atoms with Gasteiger partial charge >= 0.3 is 0 Å². The quantitative estimate of drug-likeness (QED) is 0.881. The molecule has 0 saturated heterocycles. The molecule has 0 spiro atoms. The van der Waals surface area contributed by atoms with Gasteiger partial charge in [-0.25, -0.2) is 4.98 Å². The number of nitrogens with one attached hydrogen (secondary N) is 2. The minimum atomic E-state index is -0.150. The lowest BCUT2D eigenvalue weighted by Gasteiger charge is -2.07. The van der Waals surface area contributed by atoms with Crippen molar-refractivity contribution in [3.05, 3.63) is 48.2 Å². The number of pyridine rings is 1. The molecule has 0 fully saturated rings. The number of carbonyl (C=O) groups excluding carboxylic acids is 1. The Balaban J connectivity index is 2.08. The maximum atomic E-state index is 11.4. The number of amides is 1. The fourth-order valence-corrected chi connectivity index (χ4v) is 1.57. The molecule has 2 rings (SSSR count). The Morgan fingerprint density at radius 1 is 1.16 bits per heavy atom. The van der Waals surface area contributed by atoms with Crippen molar-refractivity contribution < 1.29 is 9.53 Å². The SMILES string of the molecule is CNC(=O)c1ccc(Nc2ccc(OC)cc2)nc1. The molecule has 2 N–H and O–H groups in total. The average Bonchev–Trinajstić information content (AvgIpc) is 2.48. The number of anilines is 2. The van der Waals surface area contributed by atoms with Gasteiger partial charge in [0.2, 0.25) is 0 Å². The highest BCUT2D eigenvalue weighted by atomic mass is 16.5. The van der Waals surface area contributed by atoms with Crippen molar-refractivity contribution in [2.75, 3.05) is 19.5 Å². The maximum absolute atomic E-state index is 11.4. The minimum Gasteiger partial charge on any atom is -0.497 e. The second kappa shape index (κ2) is 5.86. The van der Waals surface area contributed by atoms with Gasteiger partial charge < -0.3 is 15.4 Å². The monoisotopic (exact) mass is 257 g/mol. The lowest BCUT2D eigenvalue weighted by atomic mass is 10.2. The first-order valence-corrected chi connectivity index (χ1v) is 5.82. The molecule has 0 aliphatic heterocycles. The van der Waals surface area contributed by atoms with E-state index in [0.717, 1.165) is 11.4 Å². The van der Waals surface area contributed by atoms with Crippen LogP contribution in [-0.2, 0) is 0 Å². The second-order valence-corrected chi connectivity index (χ2v) is 3.86. The van der Waals surface area contributed by atoms with Gasteiger partial charge in [0.1, 0.15) is 11.6 Å². The third-order valence-electron chi connectivity index (χ3n) is 2.62. The van der Waals surface area contributed by atoms with Crippen LogP contribution in [-0.4, -0.2) is 25.0 Å². The molecule has 2 aromatic rings. The first-order chi connectivity index (χ1) is 9.22. The Labute approximate surface area is 111 Å². The van der Waals surface area contributed by atoms with E-state index in [1.807, 2.05) is 24.3 Å². The van der Waals surface area contributed by atoms with Crippen molar-refractivity contribution in [1.82, 2.24) is 10.3 Å². The summed E-state index contributed by atoms with van der Waals surface area (Å²) in [4.78, 5) is 15.6. The highest BCUT2D eigenvalue weighted by Gasteiger charge is 2.03. The number of nitrogens with zero attached hydrogens (tertiary/aromatic N) is 1. The largest absolute Gasteiger partial charge is 0.497 e. The van der Waals surface area contributed by atoms with Gasteiger partial charge in [-0.1, -0.05) is 0 Å². The van der Waals surface area contributed by atoms with Crippen molar-refractivity contribution in [3.63, 3.8) is 0 Å². The molecule has 0 aliphatic carbocycles. The number of benzene rings is 1. The van der Waals surface area contributed by atoms with Crippen molar-refractivity contribution >= 4 is 17.4 Å². The van der Waals surface area contributed by atoms with Gasteiger partial charge in [-0.3, -0.25) is 4.79 Å². The zero-order valence-electron chi connectivity index (χ0n) is 10.8. The lowest BCUT2D eigenvalue weighted by molar-refractivity contribution is 0.0963. The molecule has 5 heteroatoms. The smallest absolute Gasteiger partial charge is 0.252 e.